The number of hydrogen-bond donors (Lipinski definition) is 4. The quantitative estimate of drug-likeness (QED) is 0.548. The van der Waals surface area contributed by atoms with E-state index >= 15 is 0 Å². The number of carbonyl (C=O) groups is 1. The number of anilines is 1. The van der Waals surface area contributed by atoms with E-state index in [0.717, 1.165) is 16.9 Å². The molecule has 2 aromatic carbocycles. The molecule has 1 amide bonds. The molecule has 0 spiro atoms. The standard InChI is InChI=1S/C16H16N4O2/c17-12-4-1-10(2-5-12)15-19-13-6-3-11(9-14(13)20-15)16(22)18-7-8-21/h1-6,9,21H,7-8,17H2,(H,18,22)(H,19,20). The first-order chi connectivity index (χ1) is 10.7. The molecule has 5 N–H and O–H groups in total. The Kier molecular flexibility index (Phi) is 3.76. The number of aromatic nitrogens is 2. The van der Waals surface area contributed by atoms with E-state index in [0.29, 0.717) is 16.8 Å². The Bertz CT molecular complexity index is 809. The van der Waals surface area contributed by atoms with Crippen LogP contribution in [0.2, 0.25) is 0 Å². The lowest BCUT2D eigenvalue weighted by Crippen LogP contribution is -2.26. The van der Waals surface area contributed by atoms with Crippen LogP contribution >= 0.6 is 0 Å². The maximum atomic E-state index is 11.9. The molecule has 6 nitrogen and oxygen atoms in total. The molecule has 0 atom stereocenters. The first kappa shape index (κ1) is 14.1. The molecule has 3 aromatic rings. The van der Waals surface area contributed by atoms with Gasteiger partial charge < -0.3 is 21.1 Å². The number of H-pyrrole nitrogens is 1. The van der Waals surface area contributed by atoms with Crippen molar-refractivity contribution in [3.05, 3.63) is 48.0 Å². The molecule has 0 aliphatic carbocycles. The summed E-state index contributed by atoms with van der Waals surface area (Å²) in [5.74, 6) is 0.496. The van der Waals surface area contributed by atoms with Gasteiger partial charge in [-0.2, -0.15) is 0 Å². The highest BCUT2D eigenvalue weighted by atomic mass is 16.3. The summed E-state index contributed by atoms with van der Waals surface area (Å²) >= 11 is 0. The van der Waals surface area contributed by atoms with Crippen LogP contribution in [-0.2, 0) is 0 Å². The molecule has 1 aromatic heterocycles. The summed E-state index contributed by atoms with van der Waals surface area (Å²) in [6.45, 7) is 0.145. The molecule has 0 unspecified atom stereocenters. The molecule has 0 radical (unpaired) electrons. The Hall–Kier alpha value is -2.86. The van der Waals surface area contributed by atoms with Crippen LogP contribution in [0.4, 0.5) is 5.69 Å². The van der Waals surface area contributed by atoms with Crippen molar-refractivity contribution in [1.82, 2.24) is 15.3 Å². The van der Waals surface area contributed by atoms with Gasteiger partial charge in [-0.15, -0.1) is 0 Å². The van der Waals surface area contributed by atoms with E-state index in [4.69, 9.17) is 10.8 Å². The number of nitrogens with one attached hydrogen (secondary N) is 2. The monoisotopic (exact) mass is 296 g/mol. The number of nitrogens with zero attached hydrogens (tertiary/aromatic N) is 1. The first-order valence-electron chi connectivity index (χ1n) is 6.92. The van der Waals surface area contributed by atoms with Crippen LogP contribution in [0.1, 0.15) is 10.4 Å². The molecular weight excluding hydrogens is 280 g/mol. The van der Waals surface area contributed by atoms with Crippen LogP contribution in [0.5, 0.6) is 0 Å². The van der Waals surface area contributed by atoms with Gasteiger partial charge in [0.15, 0.2) is 0 Å². The van der Waals surface area contributed by atoms with Gasteiger partial charge in [0.1, 0.15) is 5.82 Å². The Labute approximate surface area is 127 Å². The second kappa shape index (κ2) is 5.87. The molecule has 0 saturated carbocycles. The number of amides is 1. The van der Waals surface area contributed by atoms with E-state index in [1.165, 1.54) is 0 Å². The van der Waals surface area contributed by atoms with Gasteiger partial charge in [-0.1, -0.05) is 0 Å². The van der Waals surface area contributed by atoms with E-state index in [-0.39, 0.29) is 19.1 Å². The van der Waals surface area contributed by atoms with Crippen molar-refractivity contribution in [3.8, 4) is 11.4 Å². The predicted octanol–water partition coefficient (Wildman–Crippen LogP) is 1.53. The number of nitrogens with two attached hydrogens (primary N) is 1. The number of rotatable bonds is 4. The highest BCUT2D eigenvalue weighted by Crippen LogP contribution is 2.22. The number of fused-ring (bicyclic) bond motifs is 1. The number of aliphatic hydroxyl groups is 1. The summed E-state index contributed by atoms with van der Waals surface area (Å²) < 4.78 is 0. The Morgan fingerprint density at radius 3 is 2.73 bits per heavy atom. The van der Waals surface area contributed by atoms with Gasteiger partial charge in [0.25, 0.3) is 5.91 Å². The normalized spacial score (nSPS) is 10.8. The summed E-state index contributed by atoms with van der Waals surface area (Å²) in [5.41, 5.74) is 9.38. The number of aromatic amines is 1. The van der Waals surface area contributed by atoms with Gasteiger partial charge in [-0.3, -0.25) is 4.79 Å². The van der Waals surface area contributed by atoms with E-state index in [9.17, 15) is 4.79 Å². The average Bonchev–Trinajstić information content (AvgIpc) is 2.96. The molecule has 6 heteroatoms. The van der Waals surface area contributed by atoms with Gasteiger partial charge in [0, 0.05) is 23.4 Å². The van der Waals surface area contributed by atoms with E-state index in [1.807, 2.05) is 30.3 Å². The molecule has 0 bridgehead atoms. The molecule has 22 heavy (non-hydrogen) atoms. The lowest BCUT2D eigenvalue weighted by atomic mass is 10.2. The number of benzene rings is 2. The maximum Gasteiger partial charge on any atom is 0.251 e. The van der Waals surface area contributed by atoms with Crippen molar-refractivity contribution in [2.24, 2.45) is 0 Å². The summed E-state index contributed by atoms with van der Waals surface area (Å²) in [5, 5.41) is 11.4. The predicted molar refractivity (Wildman–Crippen MR) is 85.4 cm³/mol. The fourth-order valence-electron chi connectivity index (χ4n) is 2.20. The summed E-state index contributed by atoms with van der Waals surface area (Å²) in [4.78, 5) is 19.6. The molecule has 0 fully saturated rings. The number of carbonyl (C=O) groups excluding carboxylic acids is 1. The van der Waals surface area contributed by atoms with Crippen molar-refractivity contribution in [3.63, 3.8) is 0 Å². The number of hydrogen-bond acceptors (Lipinski definition) is 4. The zero-order valence-electron chi connectivity index (χ0n) is 11.8. The van der Waals surface area contributed by atoms with Crippen molar-refractivity contribution in [1.29, 1.82) is 0 Å². The molecular formula is C16H16N4O2. The third-order valence-electron chi connectivity index (χ3n) is 3.33. The van der Waals surface area contributed by atoms with Gasteiger partial charge in [0.05, 0.1) is 17.6 Å². The fourth-order valence-corrected chi connectivity index (χ4v) is 2.20. The Morgan fingerprint density at radius 2 is 2.00 bits per heavy atom. The van der Waals surface area contributed by atoms with Crippen LogP contribution in [0.15, 0.2) is 42.5 Å². The van der Waals surface area contributed by atoms with Gasteiger partial charge >= 0.3 is 0 Å². The fraction of sp³-hybridized carbons (Fsp3) is 0.125. The smallest absolute Gasteiger partial charge is 0.251 e. The zero-order chi connectivity index (χ0) is 15.5. The third-order valence-corrected chi connectivity index (χ3v) is 3.33. The highest BCUT2D eigenvalue weighted by Gasteiger charge is 2.09. The second-order valence-electron chi connectivity index (χ2n) is 4.92. The van der Waals surface area contributed by atoms with Crippen LogP contribution < -0.4 is 11.1 Å². The third kappa shape index (κ3) is 2.77. The van der Waals surface area contributed by atoms with Crippen molar-refractivity contribution in [2.75, 3.05) is 18.9 Å². The number of nitrogen functional groups attached to an aromatic ring is 1. The molecule has 112 valence electrons. The van der Waals surface area contributed by atoms with Crippen LogP contribution in [0, 0.1) is 0 Å². The van der Waals surface area contributed by atoms with Gasteiger partial charge in [0.2, 0.25) is 0 Å². The van der Waals surface area contributed by atoms with Crippen molar-refractivity contribution in [2.45, 2.75) is 0 Å². The second-order valence-corrected chi connectivity index (χ2v) is 4.92. The minimum atomic E-state index is -0.229. The van der Waals surface area contributed by atoms with E-state index in [1.54, 1.807) is 12.1 Å². The van der Waals surface area contributed by atoms with E-state index < -0.39 is 0 Å². The summed E-state index contributed by atoms with van der Waals surface area (Å²) in [6.07, 6.45) is 0. The van der Waals surface area contributed by atoms with Crippen molar-refractivity contribution >= 4 is 22.6 Å². The number of aliphatic hydroxyl groups excluding tert-OH is 1. The molecule has 0 saturated heterocycles. The first-order valence-corrected chi connectivity index (χ1v) is 6.92. The lowest BCUT2D eigenvalue weighted by molar-refractivity contribution is 0.0945. The largest absolute Gasteiger partial charge is 0.399 e. The molecule has 0 aliphatic heterocycles. The highest BCUT2D eigenvalue weighted by molar-refractivity contribution is 5.97. The van der Waals surface area contributed by atoms with Crippen LogP contribution in [0.25, 0.3) is 22.4 Å². The minimum absolute atomic E-state index is 0.0856. The average molecular weight is 296 g/mol. The van der Waals surface area contributed by atoms with Gasteiger partial charge in [-0.05, 0) is 42.5 Å². The molecule has 3 rings (SSSR count). The SMILES string of the molecule is Nc1ccc(-c2nc3cc(C(=O)NCCO)ccc3[nH]2)cc1. The lowest BCUT2D eigenvalue weighted by Gasteiger charge is -2.02. The minimum Gasteiger partial charge on any atom is -0.399 e. The molecule has 1 heterocycles. The van der Waals surface area contributed by atoms with Crippen molar-refractivity contribution < 1.29 is 9.90 Å². The maximum absolute atomic E-state index is 11.9. The van der Waals surface area contributed by atoms with Gasteiger partial charge in [-0.25, -0.2) is 4.98 Å². The molecule has 0 aliphatic rings. The topological polar surface area (TPSA) is 104 Å². The summed E-state index contributed by atoms with van der Waals surface area (Å²) in [7, 11) is 0. The number of imidazole rings is 1. The summed E-state index contributed by atoms with van der Waals surface area (Å²) in [6, 6.07) is 12.7. The van der Waals surface area contributed by atoms with Crippen LogP contribution in [0.3, 0.4) is 0 Å². The Balaban J connectivity index is 1.93. The van der Waals surface area contributed by atoms with Crippen LogP contribution in [-0.4, -0.2) is 34.1 Å². The zero-order valence-corrected chi connectivity index (χ0v) is 11.8. The van der Waals surface area contributed by atoms with E-state index in [2.05, 4.69) is 15.3 Å². The Morgan fingerprint density at radius 1 is 1.23 bits per heavy atom.